The number of carbonyl (C=O) groups is 1. The van der Waals surface area contributed by atoms with Crippen LogP contribution < -0.4 is 0 Å². The molecule has 5 heteroatoms. The summed E-state index contributed by atoms with van der Waals surface area (Å²) in [6.45, 7) is 0. The highest BCUT2D eigenvalue weighted by Crippen LogP contribution is 2.19. The van der Waals surface area contributed by atoms with E-state index >= 15 is 0 Å². The fourth-order valence-corrected chi connectivity index (χ4v) is 1.97. The smallest absolute Gasteiger partial charge is 0.337 e. The normalized spacial score (nSPS) is 10.6. The monoisotopic (exact) mass is 253 g/mol. The Balaban J connectivity index is 2.13. The summed E-state index contributed by atoms with van der Waals surface area (Å²) in [4.78, 5) is 15.5. The SMILES string of the molecule is COC(=O)c1ccc2c(cnn2-c2ccncc2)c1. The van der Waals surface area contributed by atoms with E-state index < -0.39 is 0 Å². The number of benzene rings is 1. The van der Waals surface area contributed by atoms with Gasteiger partial charge in [0.05, 0.1) is 30.1 Å². The summed E-state index contributed by atoms with van der Waals surface area (Å²) in [6, 6.07) is 9.11. The summed E-state index contributed by atoms with van der Waals surface area (Å²) in [5.74, 6) is -0.349. The lowest BCUT2D eigenvalue weighted by atomic mass is 10.1. The van der Waals surface area contributed by atoms with E-state index in [-0.39, 0.29) is 5.97 Å². The van der Waals surface area contributed by atoms with E-state index in [1.807, 2.05) is 18.2 Å². The first-order chi connectivity index (χ1) is 9.29. The van der Waals surface area contributed by atoms with Crippen molar-refractivity contribution in [1.82, 2.24) is 14.8 Å². The van der Waals surface area contributed by atoms with Crippen LogP contribution in [0.2, 0.25) is 0 Å². The number of aromatic nitrogens is 3. The van der Waals surface area contributed by atoms with E-state index in [1.54, 1.807) is 35.4 Å². The van der Waals surface area contributed by atoms with Crippen LogP contribution in [0.5, 0.6) is 0 Å². The first-order valence-electron chi connectivity index (χ1n) is 5.76. The van der Waals surface area contributed by atoms with Crippen molar-refractivity contribution in [3.63, 3.8) is 0 Å². The second kappa shape index (κ2) is 4.53. The van der Waals surface area contributed by atoms with E-state index in [0.29, 0.717) is 5.56 Å². The minimum atomic E-state index is -0.349. The highest BCUT2D eigenvalue weighted by atomic mass is 16.5. The van der Waals surface area contributed by atoms with Crippen LogP contribution in [0.1, 0.15) is 10.4 Å². The number of pyridine rings is 1. The van der Waals surface area contributed by atoms with Gasteiger partial charge in [0, 0.05) is 17.8 Å². The molecule has 94 valence electrons. The predicted molar refractivity (Wildman–Crippen MR) is 70.2 cm³/mol. The number of hydrogen-bond acceptors (Lipinski definition) is 4. The quantitative estimate of drug-likeness (QED) is 0.657. The average Bonchev–Trinajstić information content (AvgIpc) is 2.90. The molecule has 0 N–H and O–H groups in total. The molecule has 0 amide bonds. The van der Waals surface area contributed by atoms with Crippen LogP contribution in [-0.4, -0.2) is 27.8 Å². The molecule has 3 aromatic rings. The van der Waals surface area contributed by atoms with Gasteiger partial charge in [-0.05, 0) is 30.3 Å². The molecule has 0 aliphatic heterocycles. The van der Waals surface area contributed by atoms with Crippen LogP contribution in [0.25, 0.3) is 16.6 Å². The van der Waals surface area contributed by atoms with Crippen molar-refractivity contribution < 1.29 is 9.53 Å². The standard InChI is InChI=1S/C14H11N3O2/c1-19-14(18)10-2-3-13-11(8-10)9-16-17(13)12-4-6-15-7-5-12/h2-9H,1H3. The number of ether oxygens (including phenoxy) is 1. The van der Waals surface area contributed by atoms with E-state index in [9.17, 15) is 4.79 Å². The molecule has 0 radical (unpaired) electrons. The predicted octanol–water partition coefficient (Wildman–Crippen LogP) is 2.21. The molecule has 0 unspecified atom stereocenters. The molecule has 0 spiro atoms. The maximum atomic E-state index is 11.5. The molecular weight excluding hydrogens is 242 g/mol. The lowest BCUT2D eigenvalue weighted by Gasteiger charge is -2.03. The summed E-state index contributed by atoms with van der Waals surface area (Å²) < 4.78 is 6.51. The third-order valence-corrected chi connectivity index (χ3v) is 2.90. The van der Waals surface area contributed by atoms with Gasteiger partial charge in [-0.25, -0.2) is 9.48 Å². The van der Waals surface area contributed by atoms with Gasteiger partial charge in [0.25, 0.3) is 0 Å². The maximum absolute atomic E-state index is 11.5. The van der Waals surface area contributed by atoms with Gasteiger partial charge in [0.1, 0.15) is 0 Å². The van der Waals surface area contributed by atoms with Crippen LogP contribution in [-0.2, 0) is 4.74 Å². The highest BCUT2D eigenvalue weighted by molar-refractivity contribution is 5.94. The number of esters is 1. The number of fused-ring (bicyclic) bond motifs is 1. The Morgan fingerprint density at radius 2 is 2.00 bits per heavy atom. The van der Waals surface area contributed by atoms with Crippen molar-refractivity contribution in [3.05, 3.63) is 54.5 Å². The van der Waals surface area contributed by atoms with Crippen LogP contribution >= 0.6 is 0 Å². The number of methoxy groups -OCH3 is 1. The number of hydrogen-bond donors (Lipinski definition) is 0. The Hall–Kier alpha value is -2.69. The molecule has 0 aliphatic carbocycles. The molecule has 0 aliphatic rings. The zero-order valence-corrected chi connectivity index (χ0v) is 10.3. The van der Waals surface area contributed by atoms with Gasteiger partial charge in [-0.3, -0.25) is 4.98 Å². The Labute approximate surface area is 109 Å². The molecule has 0 atom stereocenters. The van der Waals surface area contributed by atoms with Crippen LogP contribution in [0.3, 0.4) is 0 Å². The van der Waals surface area contributed by atoms with Gasteiger partial charge in [0.2, 0.25) is 0 Å². The fourth-order valence-electron chi connectivity index (χ4n) is 1.97. The largest absolute Gasteiger partial charge is 0.465 e. The molecule has 19 heavy (non-hydrogen) atoms. The molecule has 1 aromatic carbocycles. The van der Waals surface area contributed by atoms with Crippen molar-refractivity contribution >= 4 is 16.9 Å². The summed E-state index contributed by atoms with van der Waals surface area (Å²) >= 11 is 0. The molecule has 0 fully saturated rings. The van der Waals surface area contributed by atoms with Crippen LogP contribution in [0, 0.1) is 0 Å². The van der Waals surface area contributed by atoms with Crippen molar-refractivity contribution in [3.8, 4) is 5.69 Å². The minimum absolute atomic E-state index is 0.349. The zero-order chi connectivity index (χ0) is 13.2. The molecule has 0 bridgehead atoms. The van der Waals surface area contributed by atoms with Gasteiger partial charge >= 0.3 is 5.97 Å². The Morgan fingerprint density at radius 1 is 1.21 bits per heavy atom. The molecule has 2 aromatic heterocycles. The second-order valence-corrected chi connectivity index (χ2v) is 4.03. The van der Waals surface area contributed by atoms with Crippen molar-refractivity contribution in [1.29, 1.82) is 0 Å². The highest BCUT2D eigenvalue weighted by Gasteiger charge is 2.09. The van der Waals surface area contributed by atoms with E-state index in [2.05, 4.69) is 10.1 Å². The summed E-state index contributed by atoms with van der Waals surface area (Å²) in [6.07, 6.45) is 5.15. The Kier molecular flexibility index (Phi) is 2.72. The summed E-state index contributed by atoms with van der Waals surface area (Å²) in [5, 5.41) is 5.22. The third-order valence-electron chi connectivity index (χ3n) is 2.90. The van der Waals surface area contributed by atoms with Gasteiger partial charge in [-0.2, -0.15) is 5.10 Å². The number of nitrogens with zero attached hydrogens (tertiary/aromatic N) is 3. The van der Waals surface area contributed by atoms with Crippen LogP contribution in [0.15, 0.2) is 48.9 Å². The average molecular weight is 253 g/mol. The first-order valence-corrected chi connectivity index (χ1v) is 5.76. The molecular formula is C14H11N3O2. The van der Waals surface area contributed by atoms with E-state index in [0.717, 1.165) is 16.6 Å². The first kappa shape index (κ1) is 11.4. The van der Waals surface area contributed by atoms with E-state index in [4.69, 9.17) is 4.74 Å². The van der Waals surface area contributed by atoms with Gasteiger partial charge < -0.3 is 4.74 Å². The van der Waals surface area contributed by atoms with Gasteiger partial charge in [-0.1, -0.05) is 0 Å². The Morgan fingerprint density at radius 3 is 2.74 bits per heavy atom. The topological polar surface area (TPSA) is 57.0 Å². The van der Waals surface area contributed by atoms with Crippen molar-refractivity contribution in [2.75, 3.05) is 7.11 Å². The molecule has 2 heterocycles. The molecule has 5 nitrogen and oxygen atoms in total. The Bertz CT molecular complexity index is 735. The second-order valence-electron chi connectivity index (χ2n) is 4.03. The minimum Gasteiger partial charge on any atom is -0.465 e. The number of carbonyl (C=O) groups excluding carboxylic acids is 1. The van der Waals surface area contributed by atoms with Crippen molar-refractivity contribution in [2.45, 2.75) is 0 Å². The number of rotatable bonds is 2. The van der Waals surface area contributed by atoms with Crippen LogP contribution in [0.4, 0.5) is 0 Å². The molecule has 0 saturated heterocycles. The molecule has 3 rings (SSSR count). The van der Waals surface area contributed by atoms with Gasteiger partial charge in [0.15, 0.2) is 0 Å². The fraction of sp³-hybridized carbons (Fsp3) is 0.0714. The van der Waals surface area contributed by atoms with Gasteiger partial charge in [-0.15, -0.1) is 0 Å². The molecule has 0 saturated carbocycles. The summed E-state index contributed by atoms with van der Waals surface area (Å²) in [5.41, 5.74) is 2.37. The lowest BCUT2D eigenvalue weighted by molar-refractivity contribution is 0.0601. The summed E-state index contributed by atoms with van der Waals surface area (Å²) in [7, 11) is 1.37. The maximum Gasteiger partial charge on any atom is 0.337 e. The van der Waals surface area contributed by atoms with E-state index in [1.165, 1.54) is 7.11 Å². The lowest BCUT2D eigenvalue weighted by Crippen LogP contribution is -2.01. The third kappa shape index (κ3) is 1.95. The zero-order valence-electron chi connectivity index (χ0n) is 10.3. The van der Waals surface area contributed by atoms with Crippen molar-refractivity contribution in [2.24, 2.45) is 0 Å².